The van der Waals surface area contributed by atoms with E-state index >= 15 is 0 Å². The number of hydrogen-bond acceptors (Lipinski definition) is 5. The smallest absolute Gasteiger partial charge is 0.253 e. The van der Waals surface area contributed by atoms with Crippen molar-refractivity contribution in [2.75, 3.05) is 19.6 Å². The Morgan fingerprint density at radius 2 is 2.03 bits per heavy atom. The molecular formula is C23H29N5O2. The van der Waals surface area contributed by atoms with Gasteiger partial charge in [0.1, 0.15) is 12.1 Å². The van der Waals surface area contributed by atoms with Crippen LogP contribution in [0.3, 0.4) is 0 Å². The number of H-pyrrole nitrogens is 1. The van der Waals surface area contributed by atoms with Crippen LogP contribution in [0, 0.1) is 6.92 Å². The Labute approximate surface area is 176 Å². The van der Waals surface area contributed by atoms with Crippen LogP contribution in [0.4, 0.5) is 0 Å². The van der Waals surface area contributed by atoms with Crippen molar-refractivity contribution < 1.29 is 4.79 Å². The van der Waals surface area contributed by atoms with E-state index in [9.17, 15) is 9.59 Å². The molecule has 0 radical (unpaired) electrons. The number of aldehydes is 1. The Kier molecular flexibility index (Phi) is 5.56. The summed E-state index contributed by atoms with van der Waals surface area (Å²) in [7, 11) is 1.78. The molecule has 1 fully saturated rings. The van der Waals surface area contributed by atoms with Gasteiger partial charge >= 0.3 is 0 Å². The first-order chi connectivity index (χ1) is 14.4. The summed E-state index contributed by atoms with van der Waals surface area (Å²) in [4.78, 5) is 38.3. The van der Waals surface area contributed by atoms with Gasteiger partial charge in [-0.2, -0.15) is 0 Å². The Balaban J connectivity index is 1.75. The van der Waals surface area contributed by atoms with E-state index in [1.54, 1.807) is 11.6 Å². The molecule has 0 aromatic carbocycles. The number of aromatic nitrogens is 4. The molecule has 0 aliphatic carbocycles. The third kappa shape index (κ3) is 3.69. The van der Waals surface area contributed by atoms with Crippen molar-refractivity contribution in [3.8, 4) is 11.3 Å². The van der Waals surface area contributed by atoms with Crippen LogP contribution in [0.5, 0.6) is 0 Å². The highest BCUT2D eigenvalue weighted by molar-refractivity contribution is 5.88. The minimum atomic E-state index is 0.0176. The second-order valence-corrected chi connectivity index (χ2v) is 8.63. The first-order valence-corrected chi connectivity index (χ1v) is 10.6. The van der Waals surface area contributed by atoms with E-state index in [0.717, 1.165) is 71.5 Å². The van der Waals surface area contributed by atoms with Crippen molar-refractivity contribution in [2.45, 2.75) is 45.4 Å². The molecule has 1 aliphatic heterocycles. The van der Waals surface area contributed by atoms with Crippen LogP contribution in [-0.2, 0) is 11.8 Å². The number of piperidine rings is 1. The highest BCUT2D eigenvalue weighted by Crippen LogP contribution is 2.35. The molecule has 0 bridgehead atoms. The second-order valence-electron chi connectivity index (χ2n) is 8.63. The predicted octanol–water partition coefficient (Wildman–Crippen LogP) is 3.13. The summed E-state index contributed by atoms with van der Waals surface area (Å²) in [5, 5.41) is 0. The van der Waals surface area contributed by atoms with Crippen molar-refractivity contribution in [2.24, 2.45) is 7.05 Å². The molecular weight excluding hydrogens is 378 g/mol. The molecule has 1 N–H and O–H groups in total. The molecule has 0 spiro atoms. The molecule has 158 valence electrons. The molecule has 1 aliphatic rings. The Morgan fingerprint density at radius 3 is 2.67 bits per heavy atom. The number of likely N-dealkylation sites (tertiary alicyclic amines) is 1. The van der Waals surface area contributed by atoms with Gasteiger partial charge in [0.05, 0.1) is 29.5 Å². The van der Waals surface area contributed by atoms with Crippen molar-refractivity contribution in [3.63, 3.8) is 0 Å². The van der Waals surface area contributed by atoms with Crippen LogP contribution in [0.15, 0.2) is 23.3 Å². The minimum absolute atomic E-state index is 0.0176. The van der Waals surface area contributed by atoms with Gasteiger partial charge in [0.25, 0.3) is 5.56 Å². The minimum Gasteiger partial charge on any atom is -0.352 e. The second kappa shape index (κ2) is 8.14. The summed E-state index contributed by atoms with van der Waals surface area (Å²) in [6, 6.07) is 1.94. The molecule has 3 aromatic heterocycles. The predicted molar refractivity (Wildman–Crippen MR) is 118 cm³/mol. The number of carbonyl (C=O) groups excluding carboxylic acids is 1. The van der Waals surface area contributed by atoms with E-state index in [0.29, 0.717) is 12.5 Å². The average Bonchev–Trinajstić information content (AvgIpc) is 3.11. The average molecular weight is 408 g/mol. The maximum Gasteiger partial charge on any atom is 0.253 e. The first-order valence-electron chi connectivity index (χ1n) is 10.6. The molecule has 4 rings (SSSR count). The van der Waals surface area contributed by atoms with Crippen LogP contribution >= 0.6 is 0 Å². The first kappa shape index (κ1) is 20.5. The van der Waals surface area contributed by atoms with Gasteiger partial charge in [0, 0.05) is 35.9 Å². The Bertz CT molecular complexity index is 1110. The number of fused-ring (bicyclic) bond motifs is 1. The summed E-state index contributed by atoms with van der Waals surface area (Å²) in [6.45, 7) is 8.49. The van der Waals surface area contributed by atoms with Gasteiger partial charge in [-0.05, 0) is 44.8 Å². The van der Waals surface area contributed by atoms with Crippen molar-refractivity contribution >= 4 is 17.3 Å². The maximum absolute atomic E-state index is 12.1. The van der Waals surface area contributed by atoms with Gasteiger partial charge in [-0.1, -0.05) is 13.8 Å². The zero-order valence-corrected chi connectivity index (χ0v) is 18.1. The van der Waals surface area contributed by atoms with E-state index in [2.05, 4.69) is 28.7 Å². The number of nitrogens with zero attached hydrogens (tertiary/aromatic N) is 4. The number of nitrogens with one attached hydrogen (secondary N) is 1. The normalized spacial score (nSPS) is 15.9. The van der Waals surface area contributed by atoms with E-state index in [1.165, 1.54) is 0 Å². The molecule has 3 aromatic rings. The lowest BCUT2D eigenvalue weighted by Gasteiger charge is -2.29. The fourth-order valence-corrected chi connectivity index (χ4v) is 4.49. The number of pyridine rings is 1. The van der Waals surface area contributed by atoms with Gasteiger partial charge in [0.15, 0.2) is 0 Å². The van der Waals surface area contributed by atoms with Gasteiger partial charge in [-0.15, -0.1) is 0 Å². The molecule has 7 heteroatoms. The van der Waals surface area contributed by atoms with Gasteiger partial charge in [-0.3, -0.25) is 9.69 Å². The van der Waals surface area contributed by atoms with Crippen LogP contribution in [0.1, 0.15) is 55.5 Å². The van der Waals surface area contributed by atoms with Crippen LogP contribution in [0.25, 0.3) is 22.3 Å². The molecule has 0 unspecified atom stereocenters. The number of rotatable bonds is 5. The standard InChI is InChI=1S/C23H29N5O2/c1-14(2)19-20(17-11-15(3)23(30)27(4)13-17)25-18-12-24-22(26-21(18)19)16-5-7-28(8-6-16)9-10-29/h10-14,16,25H,5-9H2,1-4H3. The quantitative estimate of drug-likeness (QED) is 0.657. The van der Waals surface area contributed by atoms with Crippen molar-refractivity contribution in [1.82, 2.24) is 24.4 Å². The number of aromatic amines is 1. The van der Waals surface area contributed by atoms with E-state index in [1.807, 2.05) is 25.4 Å². The zero-order chi connectivity index (χ0) is 21.4. The van der Waals surface area contributed by atoms with Crippen LogP contribution < -0.4 is 5.56 Å². The third-order valence-electron chi connectivity index (χ3n) is 6.11. The largest absolute Gasteiger partial charge is 0.352 e. The SMILES string of the molecule is Cc1cc(-c2[nH]c3cnc(C4CCN(CC=O)CC4)nc3c2C(C)C)cn(C)c1=O. The summed E-state index contributed by atoms with van der Waals surface area (Å²) in [6.07, 6.45) is 6.67. The van der Waals surface area contributed by atoms with Crippen molar-refractivity contribution in [3.05, 3.63) is 45.8 Å². The topological polar surface area (TPSA) is 83.9 Å². The molecule has 0 atom stereocenters. The van der Waals surface area contributed by atoms with E-state index < -0.39 is 0 Å². The lowest BCUT2D eigenvalue weighted by molar-refractivity contribution is -0.109. The Morgan fingerprint density at radius 1 is 1.30 bits per heavy atom. The molecule has 30 heavy (non-hydrogen) atoms. The third-order valence-corrected chi connectivity index (χ3v) is 6.11. The number of carbonyl (C=O) groups is 1. The lowest BCUT2D eigenvalue weighted by atomic mass is 9.95. The molecule has 0 amide bonds. The lowest BCUT2D eigenvalue weighted by Crippen LogP contribution is -2.34. The summed E-state index contributed by atoms with van der Waals surface area (Å²) < 4.78 is 1.63. The van der Waals surface area contributed by atoms with Gasteiger partial charge in [0.2, 0.25) is 0 Å². The molecule has 4 heterocycles. The fourth-order valence-electron chi connectivity index (χ4n) is 4.49. The zero-order valence-electron chi connectivity index (χ0n) is 18.1. The van der Waals surface area contributed by atoms with Crippen molar-refractivity contribution in [1.29, 1.82) is 0 Å². The number of hydrogen-bond donors (Lipinski definition) is 1. The number of aryl methyl sites for hydroxylation is 2. The highest BCUT2D eigenvalue weighted by atomic mass is 16.1. The molecule has 0 saturated carbocycles. The van der Waals surface area contributed by atoms with Crippen LogP contribution in [-0.4, -0.2) is 50.3 Å². The molecule has 1 saturated heterocycles. The van der Waals surface area contributed by atoms with Crippen LogP contribution in [0.2, 0.25) is 0 Å². The highest BCUT2D eigenvalue weighted by Gasteiger charge is 2.25. The van der Waals surface area contributed by atoms with Gasteiger partial charge < -0.3 is 14.3 Å². The van der Waals surface area contributed by atoms with Gasteiger partial charge in [-0.25, -0.2) is 9.97 Å². The fraction of sp³-hybridized carbons (Fsp3) is 0.478. The van der Waals surface area contributed by atoms with E-state index in [-0.39, 0.29) is 11.5 Å². The summed E-state index contributed by atoms with van der Waals surface area (Å²) in [5.74, 6) is 1.47. The summed E-state index contributed by atoms with van der Waals surface area (Å²) >= 11 is 0. The Hall–Kier alpha value is -2.80. The monoisotopic (exact) mass is 407 g/mol. The van der Waals surface area contributed by atoms with E-state index in [4.69, 9.17) is 4.98 Å². The maximum atomic E-state index is 12.1. The summed E-state index contributed by atoms with van der Waals surface area (Å²) in [5.41, 5.74) is 5.77. The molecule has 7 nitrogen and oxygen atoms in total.